The number of ether oxygens (including phenoxy) is 2. The molecule has 0 radical (unpaired) electrons. The van der Waals surface area contributed by atoms with E-state index in [0.29, 0.717) is 20.7 Å². The molecule has 8 heteroatoms. The van der Waals surface area contributed by atoms with Crippen LogP contribution < -0.4 is 5.56 Å². The number of carbonyl (C=O) groups is 2. The van der Waals surface area contributed by atoms with Crippen molar-refractivity contribution in [2.24, 2.45) is 0 Å². The van der Waals surface area contributed by atoms with E-state index >= 15 is 0 Å². The predicted molar refractivity (Wildman–Crippen MR) is 125 cm³/mol. The predicted octanol–water partition coefficient (Wildman–Crippen LogP) is 4.43. The van der Waals surface area contributed by atoms with Crippen LogP contribution in [0.15, 0.2) is 71.8 Å². The highest BCUT2D eigenvalue weighted by Gasteiger charge is 2.24. The van der Waals surface area contributed by atoms with Gasteiger partial charge in [-0.2, -0.15) is 0 Å². The van der Waals surface area contributed by atoms with Crippen molar-refractivity contribution in [2.45, 2.75) is 33.1 Å². The zero-order valence-electron chi connectivity index (χ0n) is 18.2. The van der Waals surface area contributed by atoms with Crippen molar-refractivity contribution in [3.63, 3.8) is 0 Å². The smallest absolute Gasteiger partial charge is 0.349 e. The van der Waals surface area contributed by atoms with E-state index in [4.69, 9.17) is 9.47 Å². The molecule has 1 atom stereocenters. The maximum absolute atomic E-state index is 13.2. The minimum Gasteiger partial charge on any atom is -0.459 e. The average Bonchev–Trinajstić information content (AvgIpc) is 3.19. The summed E-state index contributed by atoms with van der Waals surface area (Å²) in [5, 5.41) is 0.303. The molecule has 168 valence electrons. The van der Waals surface area contributed by atoms with Crippen LogP contribution in [0.4, 0.5) is 0 Å². The van der Waals surface area contributed by atoms with Crippen LogP contribution in [0.5, 0.6) is 0 Å². The Labute approximate surface area is 194 Å². The van der Waals surface area contributed by atoms with Crippen molar-refractivity contribution < 1.29 is 19.1 Å². The Morgan fingerprint density at radius 2 is 1.55 bits per heavy atom. The summed E-state index contributed by atoms with van der Waals surface area (Å²) < 4.78 is 12.0. The minimum absolute atomic E-state index is 0.114. The molecule has 4 aromatic rings. The summed E-state index contributed by atoms with van der Waals surface area (Å²) in [6.45, 7) is 3.52. The van der Waals surface area contributed by atoms with E-state index in [1.165, 1.54) is 10.9 Å². The molecule has 0 fully saturated rings. The van der Waals surface area contributed by atoms with Gasteiger partial charge in [0.05, 0.1) is 11.7 Å². The molecular weight excluding hydrogens is 440 g/mol. The number of rotatable bonds is 7. The molecule has 0 aliphatic carbocycles. The first-order valence-corrected chi connectivity index (χ1v) is 11.2. The summed E-state index contributed by atoms with van der Waals surface area (Å²) in [7, 11) is 0. The molecule has 2 aromatic heterocycles. The van der Waals surface area contributed by atoms with E-state index in [0.717, 1.165) is 22.5 Å². The van der Waals surface area contributed by atoms with E-state index in [9.17, 15) is 14.4 Å². The standard InChI is InChI=1S/C25H22N2O5S/c1-16-20-22(33-21(16)25(30)32-14-19-11-7-4-8-12-19)26-15-27(23(20)28)17(2)24(29)31-13-18-9-5-3-6-10-18/h3-12,15,17H,13-14H2,1-2H3. The number of benzene rings is 2. The molecule has 2 heterocycles. The van der Waals surface area contributed by atoms with Crippen molar-refractivity contribution in [3.8, 4) is 0 Å². The number of aromatic nitrogens is 2. The third-order valence-corrected chi connectivity index (χ3v) is 6.44. The fourth-order valence-corrected chi connectivity index (χ4v) is 4.39. The highest BCUT2D eigenvalue weighted by molar-refractivity contribution is 7.20. The molecule has 0 N–H and O–H groups in total. The first-order valence-electron chi connectivity index (χ1n) is 10.4. The molecule has 0 amide bonds. The van der Waals surface area contributed by atoms with Gasteiger partial charge in [0, 0.05) is 0 Å². The van der Waals surface area contributed by atoms with Crippen molar-refractivity contribution in [2.75, 3.05) is 0 Å². The summed E-state index contributed by atoms with van der Waals surface area (Å²) >= 11 is 1.10. The lowest BCUT2D eigenvalue weighted by molar-refractivity contribution is -0.148. The lowest BCUT2D eigenvalue weighted by atomic mass is 10.2. The molecule has 1 unspecified atom stereocenters. The van der Waals surface area contributed by atoms with Crippen LogP contribution in [-0.4, -0.2) is 21.5 Å². The van der Waals surface area contributed by atoms with Crippen LogP contribution in [0.3, 0.4) is 0 Å². The largest absolute Gasteiger partial charge is 0.459 e. The van der Waals surface area contributed by atoms with E-state index in [1.54, 1.807) is 13.8 Å². The summed E-state index contributed by atoms with van der Waals surface area (Å²) in [5.41, 5.74) is 1.81. The lowest BCUT2D eigenvalue weighted by Crippen LogP contribution is -2.29. The first kappa shape index (κ1) is 22.4. The second-order valence-electron chi connectivity index (χ2n) is 7.52. The second-order valence-corrected chi connectivity index (χ2v) is 8.52. The number of aryl methyl sites for hydroxylation is 1. The summed E-state index contributed by atoms with van der Waals surface area (Å²) in [6.07, 6.45) is 1.31. The van der Waals surface area contributed by atoms with Gasteiger partial charge >= 0.3 is 11.9 Å². The SMILES string of the molecule is Cc1c(C(=O)OCc2ccccc2)sc2ncn(C(C)C(=O)OCc3ccccc3)c(=O)c12. The number of carbonyl (C=O) groups excluding carboxylic acids is 2. The Morgan fingerprint density at radius 1 is 0.970 bits per heavy atom. The first-order chi connectivity index (χ1) is 16.0. The molecule has 0 saturated heterocycles. The molecule has 0 spiro atoms. The van der Waals surface area contributed by atoms with Crippen LogP contribution in [0.1, 0.15) is 39.3 Å². The highest BCUT2D eigenvalue weighted by atomic mass is 32.1. The quantitative estimate of drug-likeness (QED) is 0.378. The third kappa shape index (κ3) is 4.85. The Balaban J connectivity index is 1.53. The highest BCUT2D eigenvalue weighted by Crippen LogP contribution is 2.28. The Morgan fingerprint density at radius 3 is 2.15 bits per heavy atom. The van der Waals surface area contributed by atoms with Crippen molar-refractivity contribution in [1.82, 2.24) is 9.55 Å². The van der Waals surface area contributed by atoms with Crippen LogP contribution in [0, 0.1) is 6.92 Å². The van der Waals surface area contributed by atoms with E-state index in [2.05, 4.69) is 4.98 Å². The molecule has 7 nitrogen and oxygen atoms in total. The molecule has 4 rings (SSSR count). The van der Waals surface area contributed by atoms with Gasteiger partial charge in [-0.3, -0.25) is 9.36 Å². The number of esters is 2. The fraction of sp³-hybridized carbons (Fsp3) is 0.200. The summed E-state index contributed by atoms with van der Waals surface area (Å²) in [6, 6.07) is 17.8. The Kier molecular flexibility index (Phi) is 6.65. The lowest BCUT2D eigenvalue weighted by Gasteiger charge is -2.14. The van der Waals surface area contributed by atoms with Crippen LogP contribution >= 0.6 is 11.3 Å². The Hall–Kier alpha value is -3.78. The van der Waals surface area contributed by atoms with Gasteiger partial charge < -0.3 is 9.47 Å². The topological polar surface area (TPSA) is 87.5 Å². The fourth-order valence-electron chi connectivity index (χ4n) is 3.36. The van der Waals surface area contributed by atoms with Gasteiger partial charge in [0.25, 0.3) is 5.56 Å². The zero-order valence-corrected chi connectivity index (χ0v) is 19.0. The van der Waals surface area contributed by atoms with Gasteiger partial charge in [0.1, 0.15) is 29.0 Å². The van der Waals surface area contributed by atoms with Crippen LogP contribution in [-0.2, 0) is 27.5 Å². The van der Waals surface area contributed by atoms with Gasteiger partial charge in [-0.05, 0) is 30.5 Å². The number of thiophene rings is 1. The number of hydrogen-bond acceptors (Lipinski definition) is 7. The van der Waals surface area contributed by atoms with Gasteiger partial charge in [-0.25, -0.2) is 14.6 Å². The zero-order chi connectivity index (χ0) is 23.4. The van der Waals surface area contributed by atoms with Crippen molar-refractivity contribution in [3.05, 3.63) is 98.9 Å². The number of fused-ring (bicyclic) bond motifs is 1. The maximum atomic E-state index is 13.2. The van der Waals surface area contributed by atoms with Crippen molar-refractivity contribution in [1.29, 1.82) is 0 Å². The average molecular weight is 463 g/mol. The number of nitrogens with zero attached hydrogens (tertiary/aromatic N) is 2. The van der Waals surface area contributed by atoms with E-state index in [1.807, 2.05) is 60.7 Å². The number of hydrogen-bond donors (Lipinski definition) is 0. The Bertz CT molecular complexity index is 1350. The maximum Gasteiger partial charge on any atom is 0.349 e. The van der Waals surface area contributed by atoms with Gasteiger partial charge in [0.15, 0.2) is 0 Å². The summed E-state index contributed by atoms with van der Waals surface area (Å²) in [4.78, 5) is 43.4. The van der Waals surface area contributed by atoms with Gasteiger partial charge in [-0.15, -0.1) is 11.3 Å². The molecule has 33 heavy (non-hydrogen) atoms. The van der Waals surface area contributed by atoms with Crippen LogP contribution in [0.2, 0.25) is 0 Å². The van der Waals surface area contributed by atoms with E-state index in [-0.39, 0.29) is 13.2 Å². The monoisotopic (exact) mass is 462 g/mol. The van der Waals surface area contributed by atoms with Gasteiger partial charge in [0.2, 0.25) is 0 Å². The van der Waals surface area contributed by atoms with Crippen LogP contribution in [0.25, 0.3) is 10.2 Å². The molecular formula is C25H22N2O5S. The van der Waals surface area contributed by atoms with Crippen molar-refractivity contribution >= 4 is 33.5 Å². The summed E-state index contributed by atoms with van der Waals surface area (Å²) in [5.74, 6) is -1.06. The molecule has 0 bridgehead atoms. The molecule has 0 saturated carbocycles. The third-order valence-electron chi connectivity index (χ3n) is 5.26. The molecule has 0 aliphatic rings. The molecule has 0 aliphatic heterocycles. The normalized spacial score (nSPS) is 11.8. The minimum atomic E-state index is -0.870. The van der Waals surface area contributed by atoms with Gasteiger partial charge in [-0.1, -0.05) is 60.7 Å². The second kappa shape index (κ2) is 9.79. The van der Waals surface area contributed by atoms with E-state index < -0.39 is 23.5 Å². The molecule has 2 aromatic carbocycles.